The number of ether oxygens (including phenoxy) is 1. The van der Waals surface area contributed by atoms with Crippen LogP contribution in [0.3, 0.4) is 0 Å². The minimum atomic E-state index is -4.59. The summed E-state index contributed by atoms with van der Waals surface area (Å²) in [5.74, 6) is -1.19. The van der Waals surface area contributed by atoms with Crippen LogP contribution in [0.15, 0.2) is 6.20 Å². The molecular weight excluding hydrogens is 287 g/mol. The Hall–Kier alpha value is -1.86. The van der Waals surface area contributed by atoms with Gasteiger partial charge in [-0.25, -0.2) is 14.8 Å². The van der Waals surface area contributed by atoms with E-state index < -0.39 is 23.7 Å². The van der Waals surface area contributed by atoms with Crippen LogP contribution >= 0.6 is 0 Å². The van der Waals surface area contributed by atoms with Crippen LogP contribution in [-0.2, 0) is 23.9 Å². The van der Waals surface area contributed by atoms with Gasteiger partial charge in [-0.1, -0.05) is 0 Å². The van der Waals surface area contributed by atoms with E-state index >= 15 is 0 Å². The topological polar surface area (TPSA) is 55.3 Å². The largest absolute Gasteiger partial charge is 0.451 e. The van der Waals surface area contributed by atoms with E-state index in [1.165, 1.54) is 11.1 Å². The number of fused-ring (bicyclic) bond motifs is 1. The lowest BCUT2D eigenvalue weighted by Crippen LogP contribution is -2.40. The fourth-order valence-electron chi connectivity index (χ4n) is 1.92. The van der Waals surface area contributed by atoms with E-state index in [0.29, 0.717) is 18.5 Å². The lowest BCUT2D eigenvalue weighted by atomic mass is 10.1. The minimum Gasteiger partial charge on any atom is -0.444 e. The Kier molecular flexibility index (Phi) is 3.81. The third-order valence-corrected chi connectivity index (χ3v) is 2.85. The van der Waals surface area contributed by atoms with Crippen LogP contribution in [0.25, 0.3) is 0 Å². The van der Waals surface area contributed by atoms with Gasteiger partial charge < -0.3 is 9.64 Å². The molecule has 1 aromatic rings. The first-order valence-electron chi connectivity index (χ1n) is 6.46. The first-order chi connectivity index (χ1) is 9.56. The third kappa shape index (κ3) is 3.83. The molecule has 2 rings (SSSR count). The van der Waals surface area contributed by atoms with E-state index in [1.807, 2.05) is 0 Å². The molecule has 0 aliphatic carbocycles. The van der Waals surface area contributed by atoms with Crippen LogP contribution in [0, 0.1) is 0 Å². The number of halogens is 3. The molecule has 0 bridgehead atoms. The third-order valence-electron chi connectivity index (χ3n) is 2.85. The van der Waals surface area contributed by atoms with Crippen LogP contribution in [0.4, 0.5) is 18.0 Å². The van der Waals surface area contributed by atoms with Crippen LogP contribution in [0.5, 0.6) is 0 Å². The lowest BCUT2D eigenvalue weighted by molar-refractivity contribution is -0.145. The number of carbonyl (C=O) groups excluding carboxylic acids is 1. The van der Waals surface area contributed by atoms with Crippen LogP contribution in [0.2, 0.25) is 0 Å². The van der Waals surface area contributed by atoms with Crippen molar-refractivity contribution in [2.24, 2.45) is 0 Å². The molecule has 0 saturated carbocycles. The van der Waals surface area contributed by atoms with Crippen molar-refractivity contribution >= 4 is 6.09 Å². The SMILES string of the molecule is CC(C)(C)OC(=O)N1CCc2cnc(C(F)(F)F)nc2C1. The highest BCUT2D eigenvalue weighted by molar-refractivity contribution is 5.68. The number of hydrogen-bond donors (Lipinski definition) is 0. The van der Waals surface area contributed by atoms with Gasteiger partial charge in [0.1, 0.15) is 5.60 Å². The van der Waals surface area contributed by atoms with Crippen molar-refractivity contribution in [3.8, 4) is 0 Å². The molecule has 0 saturated heterocycles. The summed E-state index contributed by atoms with van der Waals surface area (Å²) in [6, 6.07) is 0. The molecule has 116 valence electrons. The number of aromatic nitrogens is 2. The highest BCUT2D eigenvalue weighted by Crippen LogP contribution is 2.28. The number of rotatable bonds is 0. The number of hydrogen-bond acceptors (Lipinski definition) is 4. The lowest BCUT2D eigenvalue weighted by Gasteiger charge is -2.30. The van der Waals surface area contributed by atoms with Gasteiger partial charge in [0.2, 0.25) is 5.82 Å². The fourth-order valence-corrected chi connectivity index (χ4v) is 1.92. The van der Waals surface area contributed by atoms with Crippen LogP contribution < -0.4 is 0 Å². The maximum atomic E-state index is 12.6. The summed E-state index contributed by atoms with van der Waals surface area (Å²) in [5, 5.41) is 0. The summed E-state index contributed by atoms with van der Waals surface area (Å²) in [7, 11) is 0. The standard InChI is InChI=1S/C13H16F3N3O2/c1-12(2,3)21-11(20)19-5-4-8-6-17-10(13(14,15)16)18-9(8)7-19/h6H,4-5,7H2,1-3H3. The molecular formula is C13H16F3N3O2. The molecule has 1 amide bonds. The number of nitrogens with zero attached hydrogens (tertiary/aromatic N) is 3. The Bertz CT molecular complexity index is 553. The molecule has 8 heteroatoms. The van der Waals surface area contributed by atoms with E-state index in [-0.39, 0.29) is 12.2 Å². The molecule has 0 aromatic carbocycles. The van der Waals surface area contributed by atoms with Crippen LogP contribution in [0.1, 0.15) is 37.9 Å². The van der Waals surface area contributed by atoms with Gasteiger partial charge in [0.05, 0.1) is 12.2 Å². The fraction of sp³-hybridized carbons (Fsp3) is 0.615. The van der Waals surface area contributed by atoms with Crippen molar-refractivity contribution in [2.75, 3.05) is 6.54 Å². The van der Waals surface area contributed by atoms with Gasteiger partial charge in [0.15, 0.2) is 0 Å². The molecule has 0 atom stereocenters. The monoisotopic (exact) mass is 303 g/mol. The van der Waals surface area contributed by atoms with E-state index in [9.17, 15) is 18.0 Å². The van der Waals surface area contributed by atoms with Gasteiger partial charge >= 0.3 is 12.3 Å². The van der Waals surface area contributed by atoms with Crippen molar-refractivity contribution in [3.63, 3.8) is 0 Å². The molecule has 2 heterocycles. The molecule has 1 aromatic heterocycles. The summed E-state index contributed by atoms with van der Waals surface area (Å²) < 4.78 is 43.0. The molecule has 5 nitrogen and oxygen atoms in total. The molecule has 0 unspecified atom stereocenters. The average molecular weight is 303 g/mol. The number of alkyl halides is 3. The van der Waals surface area contributed by atoms with Gasteiger partial charge in [-0.2, -0.15) is 13.2 Å². The quantitative estimate of drug-likeness (QED) is 0.739. The van der Waals surface area contributed by atoms with Crippen molar-refractivity contribution in [1.29, 1.82) is 0 Å². The average Bonchev–Trinajstić information content (AvgIpc) is 2.34. The first-order valence-corrected chi connectivity index (χ1v) is 6.46. The second-order valence-electron chi connectivity index (χ2n) is 5.82. The predicted molar refractivity (Wildman–Crippen MR) is 67.4 cm³/mol. The zero-order valence-corrected chi connectivity index (χ0v) is 12.0. The molecule has 0 spiro atoms. The highest BCUT2D eigenvalue weighted by atomic mass is 19.4. The molecule has 0 fully saturated rings. The second kappa shape index (κ2) is 5.16. The Balaban J connectivity index is 2.17. The molecule has 1 aliphatic rings. The summed E-state index contributed by atoms with van der Waals surface area (Å²) in [5.41, 5.74) is 0.192. The van der Waals surface area contributed by atoms with Gasteiger partial charge in [0.25, 0.3) is 0 Å². The highest BCUT2D eigenvalue weighted by Gasteiger charge is 2.36. The van der Waals surface area contributed by atoms with Gasteiger partial charge in [-0.3, -0.25) is 0 Å². The molecule has 1 aliphatic heterocycles. The van der Waals surface area contributed by atoms with Crippen molar-refractivity contribution < 1.29 is 22.7 Å². The summed E-state index contributed by atoms with van der Waals surface area (Å²) in [6.45, 7) is 5.55. The normalized spacial score (nSPS) is 15.6. The number of carbonyl (C=O) groups is 1. The Morgan fingerprint density at radius 3 is 2.57 bits per heavy atom. The van der Waals surface area contributed by atoms with E-state index in [1.54, 1.807) is 20.8 Å². The van der Waals surface area contributed by atoms with Crippen molar-refractivity contribution in [2.45, 2.75) is 45.5 Å². The van der Waals surface area contributed by atoms with Gasteiger partial charge in [-0.05, 0) is 32.8 Å². The minimum absolute atomic E-state index is 0.00412. The van der Waals surface area contributed by atoms with Crippen molar-refractivity contribution in [3.05, 3.63) is 23.3 Å². The Morgan fingerprint density at radius 1 is 1.33 bits per heavy atom. The van der Waals surface area contributed by atoms with E-state index in [4.69, 9.17) is 4.74 Å². The maximum Gasteiger partial charge on any atom is 0.451 e. The molecule has 0 N–H and O–H groups in total. The number of amides is 1. The zero-order valence-electron chi connectivity index (χ0n) is 12.0. The van der Waals surface area contributed by atoms with E-state index in [2.05, 4.69) is 9.97 Å². The van der Waals surface area contributed by atoms with Crippen LogP contribution in [-0.4, -0.2) is 33.1 Å². The molecule has 0 radical (unpaired) electrons. The van der Waals surface area contributed by atoms with Gasteiger partial charge in [-0.15, -0.1) is 0 Å². The van der Waals surface area contributed by atoms with Crippen molar-refractivity contribution in [1.82, 2.24) is 14.9 Å². The summed E-state index contributed by atoms with van der Waals surface area (Å²) in [4.78, 5) is 20.1. The molecule has 21 heavy (non-hydrogen) atoms. The summed E-state index contributed by atoms with van der Waals surface area (Å²) in [6.07, 6.45) is -3.56. The maximum absolute atomic E-state index is 12.6. The Labute approximate surface area is 120 Å². The van der Waals surface area contributed by atoms with E-state index in [0.717, 1.165) is 0 Å². The Morgan fingerprint density at radius 2 is 2.00 bits per heavy atom. The van der Waals surface area contributed by atoms with Gasteiger partial charge in [0, 0.05) is 12.7 Å². The second-order valence-corrected chi connectivity index (χ2v) is 5.82. The predicted octanol–water partition coefficient (Wildman–Crippen LogP) is 2.79. The smallest absolute Gasteiger partial charge is 0.444 e. The summed E-state index contributed by atoms with van der Waals surface area (Å²) >= 11 is 0. The first kappa shape index (κ1) is 15.5. The zero-order chi connectivity index (χ0) is 15.8.